The molecule has 0 spiro atoms. The fourth-order valence-corrected chi connectivity index (χ4v) is 6.89. The summed E-state index contributed by atoms with van der Waals surface area (Å²) in [6.45, 7) is 0.555. The summed E-state index contributed by atoms with van der Waals surface area (Å²) in [6, 6.07) is 20.8. The number of benzene rings is 3. The fourth-order valence-electron chi connectivity index (χ4n) is 5.31. The van der Waals surface area contributed by atoms with Crippen LogP contribution in [0.25, 0.3) is 11.1 Å². The van der Waals surface area contributed by atoms with Gasteiger partial charge in [-0.25, -0.2) is 0 Å². The van der Waals surface area contributed by atoms with Gasteiger partial charge in [-0.2, -0.15) is 8.42 Å². The number of halogens is 1. The van der Waals surface area contributed by atoms with Gasteiger partial charge in [0, 0.05) is 17.5 Å². The van der Waals surface area contributed by atoms with Crippen LogP contribution in [-0.4, -0.2) is 37.6 Å². The van der Waals surface area contributed by atoms with Crippen LogP contribution >= 0.6 is 11.6 Å². The molecule has 3 aliphatic rings. The Morgan fingerprint density at radius 3 is 2.31 bits per heavy atom. The molecule has 6 rings (SSSR count). The average molecular weight is 562 g/mol. The first-order valence-corrected chi connectivity index (χ1v) is 14.5. The van der Waals surface area contributed by atoms with Crippen LogP contribution in [0.15, 0.2) is 72.8 Å². The Hall–Kier alpha value is -3.00. The molecule has 2 aliphatic heterocycles. The van der Waals surface area contributed by atoms with E-state index in [-0.39, 0.29) is 17.9 Å². The van der Waals surface area contributed by atoms with Crippen molar-refractivity contribution in [2.45, 2.75) is 30.3 Å². The Bertz CT molecular complexity index is 1460. The standard InChI is InChI=1S/C31H26ClO6S/c32-23-6-3-7-26(18-23)38-39(34,35)28-19-27-29(21-8-12-24(33)13-9-21)30(31(28)37-27)22-10-14-25(15-11-22)36-17-16-20-4-1-2-5-20/h1-15,18,27-28,31,33H,16-17,19H2/t27-,28+,31+/m1/s1. The fraction of sp³-hybridized carbons (Fsp3) is 0.194. The summed E-state index contributed by atoms with van der Waals surface area (Å²) in [6.07, 6.45) is 8.08. The van der Waals surface area contributed by atoms with E-state index in [9.17, 15) is 13.5 Å². The molecule has 3 atom stereocenters. The number of aromatic hydroxyl groups is 1. The first-order chi connectivity index (χ1) is 18.9. The van der Waals surface area contributed by atoms with Crippen LogP contribution in [0.1, 0.15) is 24.0 Å². The van der Waals surface area contributed by atoms with Crippen molar-refractivity contribution in [1.29, 1.82) is 0 Å². The van der Waals surface area contributed by atoms with E-state index in [2.05, 4.69) is 12.8 Å². The predicted octanol–water partition coefficient (Wildman–Crippen LogP) is 6.08. The van der Waals surface area contributed by atoms with Gasteiger partial charge < -0.3 is 18.8 Å². The van der Waals surface area contributed by atoms with Crippen molar-refractivity contribution in [3.8, 4) is 17.2 Å². The van der Waals surface area contributed by atoms with Crippen LogP contribution < -0.4 is 8.92 Å². The van der Waals surface area contributed by atoms with Gasteiger partial charge in [0.2, 0.25) is 0 Å². The zero-order valence-electron chi connectivity index (χ0n) is 20.9. The van der Waals surface area contributed by atoms with Gasteiger partial charge in [0.05, 0.1) is 12.7 Å². The largest absolute Gasteiger partial charge is 0.508 e. The Balaban J connectivity index is 1.28. The molecule has 0 amide bonds. The smallest absolute Gasteiger partial charge is 0.315 e. The van der Waals surface area contributed by atoms with Gasteiger partial charge in [0.1, 0.15) is 28.6 Å². The highest BCUT2D eigenvalue weighted by Crippen LogP contribution is 2.51. The first kappa shape index (κ1) is 26.2. The van der Waals surface area contributed by atoms with E-state index in [0.29, 0.717) is 11.6 Å². The molecule has 6 nitrogen and oxygen atoms in total. The lowest BCUT2D eigenvalue weighted by Gasteiger charge is -2.25. The maximum absolute atomic E-state index is 13.4. The highest BCUT2D eigenvalue weighted by molar-refractivity contribution is 7.87. The summed E-state index contributed by atoms with van der Waals surface area (Å²) in [4.78, 5) is 0. The number of hydrogen-bond acceptors (Lipinski definition) is 6. The number of phenolic OH excluding ortho intramolecular Hbond substituents is 1. The van der Waals surface area contributed by atoms with Gasteiger partial charge in [-0.1, -0.05) is 41.9 Å². The van der Waals surface area contributed by atoms with Crippen LogP contribution in [0, 0.1) is 31.6 Å². The third kappa shape index (κ3) is 5.53. The maximum Gasteiger partial charge on any atom is 0.315 e. The van der Waals surface area contributed by atoms with E-state index in [1.165, 1.54) is 12.0 Å². The molecule has 2 heterocycles. The van der Waals surface area contributed by atoms with Crippen LogP contribution in [0.2, 0.25) is 5.02 Å². The monoisotopic (exact) mass is 561 g/mol. The molecular weight excluding hydrogens is 536 g/mol. The van der Waals surface area contributed by atoms with E-state index >= 15 is 0 Å². The molecule has 39 heavy (non-hydrogen) atoms. The van der Waals surface area contributed by atoms with Gasteiger partial charge in [-0.15, -0.1) is 0 Å². The number of hydrogen-bond donors (Lipinski definition) is 1. The molecule has 0 aromatic heterocycles. The van der Waals surface area contributed by atoms with Crippen molar-refractivity contribution < 1.29 is 27.2 Å². The molecule has 1 saturated heterocycles. The van der Waals surface area contributed by atoms with E-state index in [1.54, 1.807) is 30.3 Å². The molecule has 1 aliphatic carbocycles. The minimum atomic E-state index is -4.04. The van der Waals surface area contributed by atoms with Gasteiger partial charge in [0.25, 0.3) is 0 Å². The Morgan fingerprint density at radius 2 is 1.59 bits per heavy atom. The Labute approximate surface area is 234 Å². The quantitative estimate of drug-likeness (QED) is 0.319. The highest BCUT2D eigenvalue weighted by atomic mass is 35.5. The third-order valence-corrected chi connectivity index (χ3v) is 8.95. The molecule has 3 aromatic rings. The normalized spacial score (nSPS) is 22.9. The van der Waals surface area contributed by atoms with E-state index in [0.717, 1.165) is 34.4 Å². The Morgan fingerprint density at radius 1 is 0.897 bits per heavy atom. The lowest BCUT2D eigenvalue weighted by atomic mass is 9.83. The second-order valence-electron chi connectivity index (χ2n) is 9.64. The van der Waals surface area contributed by atoms with Crippen molar-refractivity contribution in [2.24, 2.45) is 0 Å². The van der Waals surface area contributed by atoms with Crippen molar-refractivity contribution in [3.05, 3.63) is 121 Å². The van der Waals surface area contributed by atoms with Crippen LogP contribution in [0.3, 0.4) is 0 Å². The summed E-state index contributed by atoms with van der Waals surface area (Å²) in [7, 11) is -4.04. The number of phenols is 1. The number of fused-ring (bicyclic) bond motifs is 2. The van der Waals surface area contributed by atoms with Crippen LogP contribution in [0.4, 0.5) is 0 Å². The zero-order chi connectivity index (χ0) is 27.0. The SMILES string of the molecule is O=S(=O)(Oc1cccc(Cl)c1)[C@H]1C[C@H]2O[C@@H]1C(c1ccc(OCC[C]3[CH][CH][CH][CH]3)cc1)=C2c1ccc(O)cc1. The second kappa shape index (κ2) is 10.9. The predicted molar refractivity (Wildman–Crippen MR) is 150 cm³/mol. The second-order valence-corrected chi connectivity index (χ2v) is 11.8. The van der Waals surface area contributed by atoms with Gasteiger partial charge in [0.15, 0.2) is 0 Å². The van der Waals surface area contributed by atoms with E-state index in [4.69, 9.17) is 25.3 Å². The topological polar surface area (TPSA) is 82.1 Å². The number of rotatable bonds is 9. The molecule has 5 radical (unpaired) electrons. The van der Waals surface area contributed by atoms with E-state index < -0.39 is 27.6 Å². The lowest BCUT2D eigenvalue weighted by Crippen LogP contribution is -2.35. The van der Waals surface area contributed by atoms with Crippen LogP contribution in [-0.2, 0) is 14.9 Å². The van der Waals surface area contributed by atoms with E-state index in [1.807, 2.05) is 49.2 Å². The molecule has 2 fully saturated rings. The highest BCUT2D eigenvalue weighted by Gasteiger charge is 2.53. The summed E-state index contributed by atoms with van der Waals surface area (Å²) in [5.74, 6) is 2.28. The average Bonchev–Trinajstić information content (AvgIpc) is 3.67. The van der Waals surface area contributed by atoms with Crippen molar-refractivity contribution in [1.82, 2.24) is 0 Å². The minimum absolute atomic E-state index is 0.156. The maximum atomic E-state index is 13.4. The van der Waals surface area contributed by atoms with Gasteiger partial charge in [-0.05, 0) is 96.7 Å². The molecule has 199 valence electrons. The molecule has 0 unspecified atom stereocenters. The third-order valence-electron chi connectivity index (χ3n) is 7.11. The minimum Gasteiger partial charge on any atom is -0.508 e. The lowest BCUT2D eigenvalue weighted by molar-refractivity contribution is 0.128. The van der Waals surface area contributed by atoms with Gasteiger partial charge >= 0.3 is 10.1 Å². The molecule has 8 heteroatoms. The van der Waals surface area contributed by atoms with Crippen LogP contribution in [0.5, 0.6) is 17.2 Å². The first-order valence-electron chi connectivity index (χ1n) is 12.7. The Kier molecular flexibility index (Phi) is 7.31. The van der Waals surface area contributed by atoms with Gasteiger partial charge in [-0.3, -0.25) is 0 Å². The molecule has 2 bridgehead atoms. The molecule has 1 saturated carbocycles. The summed E-state index contributed by atoms with van der Waals surface area (Å²) in [5.41, 5.74) is 3.43. The zero-order valence-corrected chi connectivity index (χ0v) is 22.4. The van der Waals surface area contributed by atoms with Crippen molar-refractivity contribution >= 4 is 32.9 Å². The molecular formula is C31H26ClO6S. The number of ether oxygens (including phenoxy) is 2. The molecule has 1 N–H and O–H groups in total. The summed E-state index contributed by atoms with van der Waals surface area (Å²) >= 11 is 6.03. The summed E-state index contributed by atoms with van der Waals surface area (Å²) in [5, 5.41) is 9.32. The molecule has 3 aromatic carbocycles. The van der Waals surface area contributed by atoms with Crippen molar-refractivity contribution in [2.75, 3.05) is 6.61 Å². The summed E-state index contributed by atoms with van der Waals surface area (Å²) < 4.78 is 44.5. The van der Waals surface area contributed by atoms with Crippen molar-refractivity contribution in [3.63, 3.8) is 0 Å².